The summed E-state index contributed by atoms with van der Waals surface area (Å²) in [6.07, 6.45) is 3.55. The van der Waals surface area contributed by atoms with Gasteiger partial charge in [0.15, 0.2) is 0 Å². The largest absolute Gasteiger partial charge is 0.507 e. The maximum Gasteiger partial charge on any atom is 0.123 e. The number of nitrogens with one attached hydrogen (secondary N) is 1. The van der Waals surface area contributed by atoms with Gasteiger partial charge in [-0.15, -0.1) is 0 Å². The van der Waals surface area contributed by atoms with Crippen LogP contribution < -0.4 is 5.32 Å². The molecule has 0 saturated carbocycles. The molecule has 0 spiro atoms. The molecule has 0 unspecified atom stereocenters. The van der Waals surface area contributed by atoms with Gasteiger partial charge in [0.25, 0.3) is 0 Å². The summed E-state index contributed by atoms with van der Waals surface area (Å²) in [5.41, 5.74) is 3.55. The summed E-state index contributed by atoms with van der Waals surface area (Å²) in [4.78, 5) is 4.13. The third kappa shape index (κ3) is 3.59. The first-order valence-corrected chi connectivity index (χ1v) is 7.64. The van der Waals surface area contributed by atoms with E-state index in [9.17, 15) is 5.11 Å². The highest BCUT2D eigenvalue weighted by atomic mass is 16.3. The van der Waals surface area contributed by atoms with Crippen LogP contribution in [0.5, 0.6) is 5.75 Å². The van der Waals surface area contributed by atoms with Crippen LogP contribution in [0.3, 0.4) is 0 Å². The van der Waals surface area contributed by atoms with Crippen molar-refractivity contribution in [1.82, 2.24) is 4.98 Å². The molecule has 22 heavy (non-hydrogen) atoms. The topological polar surface area (TPSA) is 45.2 Å². The van der Waals surface area contributed by atoms with Crippen LogP contribution in [0.1, 0.15) is 52.7 Å². The van der Waals surface area contributed by atoms with Gasteiger partial charge in [0.05, 0.1) is 11.9 Å². The molecule has 118 valence electrons. The molecule has 1 aromatic carbocycles. The summed E-state index contributed by atoms with van der Waals surface area (Å²) in [6, 6.07) is 7.93. The standard InChI is InChI=1S/C19H26N2O/c1-18(2,3)15-10-14(21-13-8-7-9-20-12-13)11-16(17(15)22)19(4,5)6/h7-12,21-22H,1-6H3. The number of hydrogen-bond donors (Lipinski definition) is 2. The number of benzene rings is 1. The average molecular weight is 298 g/mol. The van der Waals surface area contributed by atoms with E-state index in [1.165, 1.54) is 0 Å². The van der Waals surface area contributed by atoms with E-state index in [1.807, 2.05) is 24.3 Å². The molecule has 0 aliphatic carbocycles. The van der Waals surface area contributed by atoms with E-state index in [-0.39, 0.29) is 10.8 Å². The molecule has 2 rings (SSSR count). The van der Waals surface area contributed by atoms with Gasteiger partial charge in [0, 0.05) is 23.0 Å². The van der Waals surface area contributed by atoms with Gasteiger partial charge < -0.3 is 10.4 Å². The lowest BCUT2D eigenvalue weighted by atomic mass is 9.79. The van der Waals surface area contributed by atoms with Crippen LogP contribution in [-0.4, -0.2) is 10.1 Å². The minimum absolute atomic E-state index is 0.128. The van der Waals surface area contributed by atoms with Crippen molar-refractivity contribution in [3.63, 3.8) is 0 Å². The monoisotopic (exact) mass is 298 g/mol. The van der Waals surface area contributed by atoms with Crippen LogP contribution >= 0.6 is 0 Å². The van der Waals surface area contributed by atoms with Crippen molar-refractivity contribution in [2.75, 3.05) is 5.32 Å². The van der Waals surface area contributed by atoms with Crippen LogP contribution in [0, 0.1) is 0 Å². The van der Waals surface area contributed by atoms with E-state index in [2.05, 4.69) is 51.8 Å². The van der Waals surface area contributed by atoms with E-state index in [1.54, 1.807) is 12.4 Å². The summed E-state index contributed by atoms with van der Waals surface area (Å²) in [5, 5.41) is 14.1. The Balaban J connectivity index is 2.56. The van der Waals surface area contributed by atoms with Gasteiger partial charge >= 0.3 is 0 Å². The van der Waals surface area contributed by atoms with Crippen molar-refractivity contribution in [3.05, 3.63) is 47.8 Å². The molecular formula is C19H26N2O. The molecule has 0 bridgehead atoms. The second kappa shape index (κ2) is 5.64. The van der Waals surface area contributed by atoms with E-state index in [4.69, 9.17) is 0 Å². The Hall–Kier alpha value is -2.03. The Morgan fingerprint density at radius 2 is 1.45 bits per heavy atom. The van der Waals surface area contributed by atoms with Crippen LogP contribution in [-0.2, 0) is 10.8 Å². The molecule has 0 aliphatic rings. The van der Waals surface area contributed by atoms with E-state index in [0.29, 0.717) is 5.75 Å². The Bertz CT molecular complexity index is 614. The number of rotatable bonds is 2. The third-order valence-corrected chi connectivity index (χ3v) is 3.68. The van der Waals surface area contributed by atoms with E-state index >= 15 is 0 Å². The molecule has 0 radical (unpaired) electrons. The molecule has 0 aliphatic heterocycles. The number of phenols is 1. The van der Waals surface area contributed by atoms with Crippen molar-refractivity contribution >= 4 is 11.4 Å². The third-order valence-electron chi connectivity index (χ3n) is 3.68. The van der Waals surface area contributed by atoms with E-state index in [0.717, 1.165) is 22.5 Å². The summed E-state index contributed by atoms with van der Waals surface area (Å²) >= 11 is 0. The molecule has 0 saturated heterocycles. The van der Waals surface area contributed by atoms with Gasteiger partial charge in [-0.1, -0.05) is 41.5 Å². The highest BCUT2D eigenvalue weighted by Gasteiger charge is 2.26. The van der Waals surface area contributed by atoms with Gasteiger partial charge in [0.1, 0.15) is 5.75 Å². The summed E-state index contributed by atoms with van der Waals surface area (Å²) in [7, 11) is 0. The summed E-state index contributed by atoms with van der Waals surface area (Å²) in [5.74, 6) is 0.400. The number of aromatic nitrogens is 1. The predicted octanol–water partition coefficient (Wildman–Crippen LogP) is 5.13. The van der Waals surface area contributed by atoms with Crippen LogP contribution in [0.4, 0.5) is 11.4 Å². The number of pyridine rings is 1. The number of hydrogen-bond acceptors (Lipinski definition) is 3. The molecule has 3 nitrogen and oxygen atoms in total. The van der Waals surface area contributed by atoms with Gasteiger partial charge in [-0.3, -0.25) is 4.98 Å². The Kier molecular flexibility index (Phi) is 4.19. The lowest BCUT2D eigenvalue weighted by Crippen LogP contribution is -2.17. The quantitative estimate of drug-likeness (QED) is 0.756. The molecule has 0 fully saturated rings. The van der Waals surface area contributed by atoms with Crippen molar-refractivity contribution in [2.24, 2.45) is 0 Å². The van der Waals surface area contributed by atoms with Gasteiger partial charge in [0.2, 0.25) is 0 Å². The van der Waals surface area contributed by atoms with Crippen molar-refractivity contribution in [1.29, 1.82) is 0 Å². The molecule has 1 aromatic heterocycles. The molecule has 2 aromatic rings. The summed E-state index contributed by atoms with van der Waals surface area (Å²) in [6.45, 7) is 12.7. The Morgan fingerprint density at radius 3 is 1.86 bits per heavy atom. The fourth-order valence-electron chi connectivity index (χ4n) is 2.45. The highest BCUT2D eigenvalue weighted by Crippen LogP contribution is 2.41. The lowest BCUT2D eigenvalue weighted by Gasteiger charge is -2.28. The summed E-state index contributed by atoms with van der Waals surface area (Å²) < 4.78 is 0. The van der Waals surface area contributed by atoms with E-state index < -0.39 is 0 Å². The number of nitrogens with zero attached hydrogens (tertiary/aromatic N) is 1. The SMILES string of the molecule is CC(C)(C)c1cc(Nc2cccnc2)cc(C(C)(C)C)c1O. The molecule has 0 atom stereocenters. The second-order valence-corrected chi connectivity index (χ2v) is 7.79. The van der Waals surface area contributed by atoms with Crippen LogP contribution in [0.2, 0.25) is 0 Å². The van der Waals surface area contributed by atoms with Crippen molar-refractivity contribution < 1.29 is 5.11 Å². The van der Waals surface area contributed by atoms with Crippen LogP contribution in [0.15, 0.2) is 36.7 Å². The maximum absolute atomic E-state index is 10.7. The molecular weight excluding hydrogens is 272 g/mol. The van der Waals surface area contributed by atoms with Crippen molar-refractivity contribution in [2.45, 2.75) is 52.4 Å². The minimum Gasteiger partial charge on any atom is -0.507 e. The van der Waals surface area contributed by atoms with Gasteiger partial charge in [-0.2, -0.15) is 0 Å². The number of aromatic hydroxyl groups is 1. The zero-order chi connectivity index (χ0) is 16.5. The smallest absolute Gasteiger partial charge is 0.123 e. The number of anilines is 2. The first kappa shape index (κ1) is 16.3. The Morgan fingerprint density at radius 1 is 0.909 bits per heavy atom. The zero-order valence-corrected chi connectivity index (χ0v) is 14.4. The fourth-order valence-corrected chi connectivity index (χ4v) is 2.45. The molecule has 0 amide bonds. The normalized spacial score (nSPS) is 12.3. The maximum atomic E-state index is 10.7. The van der Waals surface area contributed by atoms with Gasteiger partial charge in [-0.25, -0.2) is 0 Å². The first-order valence-electron chi connectivity index (χ1n) is 7.64. The number of phenolic OH excluding ortho intramolecular Hbond substituents is 1. The van der Waals surface area contributed by atoms with Crippen molar-refractivity contribution in [3.8, 4) is 5.75 Å². The predicted molar refractivity (Wildman–Crippen MR) is 93.0 cm³/mol. The van der Waals surface area contributed by atoms with Crippen LogP contribution in [0.25, 0.3) is 0 Å². The molecule has 3 heteroatoms. The van der Waals surface area contributed by atoms with Gasteiger partial charge in [-0.05, 0) is 35.1 Å². The average Bonchev–Trinajstić information content (AvgIpc) is 2.39. The Labute approximate surface area is 133 Å². The highest BCUT2D eigenvalue weighted by molar-refractivity contribution is 5.65. The second-order valence-electron chi connectivity index (χ2n) is 7.79. The fraction of sp³-hybridized carbons (Fsp3) is 0.421. The minimum atomic E-state index is -0.128. The molecule has 2 N–H and O–H groups in total. The first-order chi connectivity index (χ1) is 10.1. The zero-order valence-electron chi connectivity index (χ0n) is 14.4. The lowest BCUT2D eigenvalue weighted by molar-refractivity contribution is 0.423. The molecule has 1 heterocycles.